The number of hydrogen-bond donors (Lipinski definition) is 0. The number of benzene rings is 7. The topological polar surface area (TPSA) is 56.7 Å². The van der Waals surface area contributed by atoms with Crippen LogP contribution in [0.5, 0.6) is 0 Å². The Bertz CT molecular complexity index is 2780. The first-order chi connectivity index (χ1) is 24.8. The Hall–Kier alpha value is -6.85. The molecule has 10 rings (SSSR count). The molecule has 0 aliphatic heterocycles. The van der Waals surface area contributed by atoms with Gasteiger partial charge in [-0.15, -0.1) is 0 Å². The van der Waals surface area contributed by atoms with E-state index in [2.05, 4.69) is 108 Å². The van der Waals surface area contributed by atoms with E-state index < -0.39 is 0 Å². The largest absolute Gasteiger partial charge is 0.456 e. The van der Waals surface area contributed by atoms with Crippen LogP contribution in [0.4, 0.5) is 0 Å². The fourth-order valence-electron chi connectivity index (χ4n) is 7.20. The van der Waals surface area contributed by atoms with Gasteiger partial charge in [-0.2, -0.15) is 0 Å². The Morgan fingerprint density at radius 1 is 0.400 bits per heavy atom. The maximum atomic E-state index is 6.70. The Labute approximate surface area is 287 Å². The molecule has 0 amide bonds. The highest BCUT2D eigenvalue weighted by Gasteiger charge is 2.23. The SMILES string of the molecule is c1ccc(-c2nc(-c3ccccc3)nc(-c3ccc4oc5cc6c7ccccc7n(-c7ccccc7)c6cc5c4c3-c3ccccc3)n2)cc1. The average molecular weight is 641 g/mol. The molecule has 7 aromatic carbocycles. The average Bonchev–Trinajstić information content (AvgIpc) is 3.72. The summed E-state index contributed by atoms with van der Waals surface area (Å²) in [4.78, 5) is 15.2. The van der Waals surface area contributed by atoms with E-state index in [1.165, 1.54) is 5.39 Å². The monoisotopic (exact) mass is 640 g/mol. The Morgan fingerprint density at radius 2 is 0.960 bits per heavy atom. The van der Waals surface area contributed by atoms with Crippen LogP contribution in [-0.2, 0) is 0 Å². The van der Waals surface area contributed by atoms with Crippen LogP contribution < -0.4 is 0 Å². The van der Waals surface area contributed by atoms with Gasteiger partial charge in [-0.25, -0.2) is 15.0 Å². The molecule has 0 N–H and O–H groups in total. The molecule has 50 heavy (non-hydrogen) atoms. The zero-order valence-corrected chi connectivity index (χ0v) is 26.9. The molecule has 0 saturated heterocycles. The van der Waals surface area contributed by atoms with Gasteiger partial charge in [0.1, 0.15) is 11.2 Å². The van der Waals surface area contributed by atoms with Gasteiger partial charge in [-0.1, -0.05) is 127 Å². The molecule has 0 aliphatic carbocycles. The molecule has 0 aliphatic rings. The molecule has 0 bridgehead atoms. The van der Waals surface area contributed by atoms with Crippen LogP contribution in [0.25, 0.3) is 94.7 Å². The first kappa shape index (κ1) is 28.2. The second-order valence-corrected chi connectivity index (χ2v) is 12.4. The van der Waals surface area contributed by atoms with Crippen molar-refractivity contribution in [1.29, 1.82) is 0 Å². The van der Waals surface area contributed by atoms with E-state index in [1.807, 2.05) is 66.7 Å². The molecule has 5 heteroatoms. The van der Waals surface area contributed by atoms with Gasteiger partial charge in [0.25, 0.3) is 0 Å². The minimum Gasteiger partial charge on any atom is -0.456 e. The normalized spacial score (nSPS) is 11.6. The van der Waals surface area contributed by atoms with Gasteiger partial charge in [0.2, 0.25) is 0 Å². The van der Waals surface area contributed by atoms with E-state index >= 15 is 0 Å². The second kappa shape index (κ2) is 11.4. The predicted molar refractivity (Wildman–Crippen MR) is 203 cm³/mol. The second-order valence-electron chi connectivity index (χ2n) is 12.4. The summed E-state index contributed by atoms with van der Waals surface area (Å²) in [5, 5.41) is 4.40. The third-order valence-corrected chi connectivity index (χ3v) is 9.45. The quantitative estimate of drug-likeness (QED) is 0.188. The number of nitrogens with zero attached hydrogens (tertiary/aromatic N) is 4. The lowest BCUT2D eigenvalue weighted by molar-refractivity contribution is 0.669. The van der Waals surface area contributed by atoms with Crippen molar-refractivity contribution in [2.24, 2.45) is 0 Å². The lowest BCUT2D eigenvalue weighted by Gasteiger charge is -2.13. The molecule has 0 atom stereocenters. The minimum atomic E-state index is 0.604. The van der Waals surface area contributed by atoms with Gasteiger partial charge >= 0.3 is 0 Å². The van der Waals surface area contributed by atoms with Gasteiger partial charge in [0.05, 0.1) is 11.0 Å². The smallest absolute Gasteiger partial charge is 0.164 e. The highest BCUT2D eigenvalue weighted by Crippen LogP contribution is 2.45. The van der Waals surface area contributed by atoms with E-state index in [-0.39, 0.29) is 0 Å². The molecule has 0 unspecified atom stereocenters. The van der Waals surface area contributed by atoms with E-state index in [0.717, 1.165) is 71.9 Å². The summed E-state index contributed by atoms with van der Waals surface area (Å²) >= 11 is 0. The summed E-state index contributed by atoms with van der Waals surface area (Å²) in [5.41, 5.74) is 9.89. The van der Waals surface area contributed by atoms with Crippen LogP contribution in [0, 0.1) is 0 Å². The fraction of sp³-hybridized carbons (Fsp3) is 0. The number of furan rings is 1. The highest BCUT2D eigenvalue weighted by molar-refractivity contribution is 6.21. The third-order valence-electron chi connectivity index (χ3n) is 9.45. The zero-order valence-electron chi connectivity index (χ0n) is 26.9. The molecule has 3 heterocycles. The molecule has 0 saturated carbocycles. The molecule has 0 fully saturated rings. The molecular formula is C45H28N4O. The first-order valence-corrected chi connectivity index (χ1v) is 16.7. The van der Waals surface area contributed by atoms with Crippen LogP contribution in [0.2, 0.25) is 0 Å². The molecule has 3 aromatic heterocycles. The number of para-hydroxylation sites is 2. The van der Waals surface area contributed by atoms with Crippen LogP contribution in [0.1, 0.15) is 0 Å². The molecule has 0 radical (unpaired) electrons. The van der Waals surface area contributed by atoms with E-state index in [1.54, 1.807) is 0 Å². The van der Waals surface area contributed by atoms with Crippen molar-refractivity contribution in [3.05, 3.63) is 170 Å². The van der Waals surface area contributed by atoms with E-state index in [0.29, 0.717) is 17.5 Å². The Kier molecular flexibility index (Phi) is 6.42. The standard InChI is InChI=1S/C45H28N4O/c1-5-15-29(16-6-1)41-34(45-47-43(30-17-7-2-8-18-30)46-44(48-45)31-19-9-3-10-20-31)25-26-39-42(41)36-27-38-35(28-40(36)50-39)33-23-13-14-24-37(33)49(38)32-21-11-4-12-22-32/h1-28H. The first-order valence-electron chi connectivity index (χ1n) is 16.7. The molecule has 0 spiro atoms. The number of hydrogen-bond acceptors (Lipinski definition) is 4. The van der Waals surface area contributed by atoms with Crippen LogP contribution in [0.3, 0.4) is 0 Å². The molecule has 234 valence electrons. The summed E-state index contributed by atoms with van der Waals surface area (Å²) in [6.07, 6.45) is 0. The lowest BCUT2D eigenvalue weighted by atomic mass is 9.93. The van der Waals surface area contributed by atoms with Crippen LogP contribution in [0.15, 0.2) is 174 Å². The maximum Gasteiger partial charge on any atom is 0.164 e. The van der Waals surface area contributed by atoms with Crippen LogP contribution in [-0.4, -0.2) is 19.5 Å². The van der Waals surface area contributed by atoms with Crippen molar-refractivity contribution in [2.75, 3.05) is 0 Å². The highest BCUT2D eigenvalue weighted by atomic mass is 16.3. The Balaban J connectivity index is 1.31. The van der Waals surface area contributed by atoms with Gasteiger partial charge < -0.3 is 8.98 Å². The van der Waals surface area contributed by atoms with Gasteiger partial charge in [-0.05, 0) is 48.0 Å². The van der Waals surface area contributed by atoms with Crippen molar-refractivity contribution in [3.8, 4) is 51.0 Å². The van der Waals surface area contributed by atoms with E-state index in [9.17, 15) is 0 Å². The number of rotatable bonds is 5. The van der Waals surface area contributed by atoms with Crippen LogP contribution >= 0.6 is 0 Å². The van der Waals surface area contributed by atoms with Gasteiger partial charge in [0, 0.05) is 49.5 Å². The molecule has 5 nitrogen and oxygen atoms in total. The lowest BCUT2D eigenvalue weighted by Crippen LogP contribution is -2.01. The van der Waals surface area contributed by atoms with Crippen molar-refractivity contribution < 1.29 is 4.42 Å². The zero-order chi connectivity index (χ0) is 33.0. The summed E-state index contributed by atoms with van der Waals surface area (Å²) in [5.74, 6) is 1.85. The maximum absolute atomic E-state index is 6.70. The van der Waals surface area contributed by atoms with Crippen molar-refractivity contribution >= 4 is 43.7 Å². The van der Waals surface area contributed by atoms with Crippen molar-refractivity contribution in [2.45, 2.75) is 0 Å². The summed E-state index contributed by atoms with van der Waals surface area (Å²) in [6, 6.07) is 58.4. The fourth-order valence-corrected chi connectivity index (χ4v) is 7.20. The number of fused-ring (bicyclic) bond motifs is 6. The van der Waals surface area contributed by atoms with E-state index in [4.69, 9.17) is 19.4 Å². The Morgan fingerprint density at radius 3 is 1.62 bits per heavy atom. The van der Waals surface area contributed by atoms with Gasteiger partial charge in [-0.3, -0.25) is 0 Å². The molecular weight excluding hydrogens is 613 g/mol. The third kappa shape index (κ3) is 4.52. The predicted octanol–water partition coefficient (Wildman–Crippen LogP) is 11.5. The van der Waals surface area contributed by atoms with Gasteiger partial charge in [0.15, 0.2) is 17.5 Å². The summed E-state index contributed by atoms with van der Waals surface area (Å²) < 4.78 is 9.05. The summed E-state index contributed by atoms with van der Waals surface area (Å²) in [6.45, 7) is 0. The minimum absolute atomic E-state index is 0.604. The van der Waals surface area contributed by atoms with Crippen molar-refractivity contribution in [3.63, 3.8) is 0 Å². The number of aromatic nitrogens is 4. The molecule has 10 aromatic rings. The van der Waals surface area contributed by atoms with Crippen molar-refractivity contribution in [1.82, 2.24) is 19.5 Å². The summed E-state index contributed by atoms with van der Waals surface area (Å²) in [7, 11) is 0.